The van der Waals surface area contributed by atoms with Crippen molar-refractivity contribution >= 4 is 11.5 Å². The van der Waals surface area contributed by atoms with Gasteiger partial charge in [-0.1, -0.05) is 61.4 Å². The molecule has 40 heavy (non-hydrogen) atoms. The molecule has 2 N–H and O–H groups in total. The number of carbonyl (C=O) groups excluding carboxylic acids is 1. The zero-order chi connectivity index (χ0) is 28.8. The van der Waals surface area contributed by atoms with Gasteiger partial charge in [0.1, 0.15) is 24.0 Å². The molecular formula is C34H34FN3O2. The van der Waals surface area contributed by atoms with Crippen LogP contribution in [0, 0.1) is 43.3 Å². The Morgan fingerprint density at radius 3 is 2.42 bits per heavy atom. The quantitative estimate of drug-likeness (QED) is 0.372. The summed E-state index contributed by atoms with van der Waals surface area (Å²) < 4.78 is 21.3. The van der Waals surface area contributed by atoms with Gasteiger partial charge >= 0.3 is 0 Å². The standard InChI is InChI=1S/C34H34FN3O2/c1-20-10-12-24(13-11-20)40-19-23-14-21(2)15-25(22(23)3)31-26(18-36)33(37)38(28-9-7-6-8-27(28)35)29-16-34(4,5)17-30(39)32(29)31/h6-15,31H,16-17,19,37H2,1-5H3. The van der Waals surface area contributed by atoms with Crippen LogP contribution in [0.2, 0.25) is 0 Å². The number of nitrogens with two attached hydrogens (primary N) is 1. The van der Waals surface area contributed by atoms with Gasteiger partial charge in [-0.05, 0) is 73.6 Å². The van der Waals surface area contributed by atoms with Crippen LogP contribution in [0.25, 0.3) is 0 Å². The van der Waals surface area contributed by atoms with Crippen molar-refractivity contribution < 1.29 is 13.9 Å². The number of rotatable bonds is 5. The summed E-state index contributed by atoms with van der Waals surface area (Å²) >= 11 is 0. The van der Waals surface area contributed by atoms with Gasteiger partial charge in [0.15, 0.2) is 5.78 Å². The van der Waals surface area contributed by atoms with Crippen molar-refractivity contribution in [2.45, 2.75) is 60.0 Å². The van der Waals surface area contributed by atoms with Crippen molar-refractivity contribution in [3.05, 3.63) is 117 Å². The molecule has 1 aliphatic heterocycles. The predicted molar refractivity (Wildman–Crippen MR) is 155 cm³/mol. The second kappa shape index (κ2) is 10.3. The number of anilines is 1. The van der Waals surface area contributed by atoms with Crippen LogP contribution in [0.3, 0.4) is 0 Å². The lowest BCUT2D eigenvalue weighted by Crippen LogP contribution is -2.42. The third kappa shape index (κ3) is 4.88. The molecule has 0 spiro atoms. The summed E-state index contributed by atoms with van der Waals surface area (Å²) in [4.78, 5) is 15.5. The third-order valence-electron chi connectivity index (χ3n) is 7.90. The molecule has 1 heterocycles. The molecule has 0 radical (unpaired) electrons. The number of carbonyl (C=O) groups is 1. The highest BCUT2D eigenvalue weighted by Crippen LogP contribution is 2.51. The predicted octanol–water partition coefficient (Wildman–Crippen LogP) is 7.27. The number of aryl methyl sites for hydroxylation is 2. The molecule has 5 nitrogen and oxygen atoms in total. The van der Waals surface area contributed by atoms with Gasteiger partial charge in [-0.2, -0.15) is 5.26 Å². The van der Waals surface area contributed by atoms with Gasteiger partial charge in [0, 0.05) is 17.7 Å². The first-order valence-corrected chi connectivity index (χ1v) is 13.5. The number of hydrogen-bond donors (Lipinski definition) is 1. The molecule has 1 unspecified atom stereocenters. The smallest absolute Gasteiger partial charge is 0.162 e. The zero-order valence-electron chi connectivity index (χ0n) is 23.6. The Kier molecular flexibility index (Phi) is 7.01. The highest BCUT2D eigenvalue weighted by Gasteiger charge is 2.45. The van der Waals surface area contributed by atoms with Crippen LogP contribution >= 0.6 is 0 Å². The first-order valence-electron chi connectivity index (χ1n) is 13.5. The molecule has 6 heteroatoms. The van der Waals surface area contributed by atoms with Gasteiger partial charge in [0.25, 0.3) is 0 Å². The molecule has 3 aromatic carbocycles. The summed E-state index contributed by atoms with van der Waals surface area (Å²) in [5, 5.41) is 10.4. The number of hydrogen-bond acceptors (Lipinski definition) is 5. The van der Waals surface area contributed by atoms with Crippen LogP contribution in [0.15, 0.2) is 83.3 Å². The Morgan fingerprint density at radius 2 is 1.75 bits per heavy atom. The fourth-order valence-corrected chi connectivity index (χ4v) is 5.94. The van der Waals surface area contributed by atoms with E-state index in [1.54, 1.807) is 23.1 Å². The summed E-state index contributed by atoms with van der Waals surface area (Å²) in [7, 11) is 0. The van der Waals surface area contributed by atoms with Gasteiger partial charge in [-0.25, -0.2) is 4.39 Å². The maximum Gasteiger partial charge on any atom is 0.162 e. The largest absolute Gasteiger partial charge is 0.489 e. The minimum Gasteiger partial charge on any atom is -0.489 e. The molecule has 3 aromatic rings. The monoisotopic (exact) mass is 535 g/mol. The number of Topliss-reactive ketones (excluding diaryl/α,β-unsaturated/α-hetero) is 1. The van der Waals surface area contributed by atoms with Gasteiger partial charge < -0.3 is 10.5 Å². The molecule has 0 bridgehead atoms. The number of benzene rings is 3. The lowest BCUT2D eigenvalue weighted by molar-refractivity contribution is -0.118. The van der Waals surface area contributed by atoms with E-state index in [4.69, 9.17) is 10.5 Å². The Hall–Kier alpha value is -4.37. The SMILES string of the molecule is Cc1ccc(OCc2cc(C)cc(C3C(C#N)=C(N)N(c4ccccc4F)C4=C3C(=O)CC(C)(C)C4)c2C)cc1. The molecule has 0 amide bonds. The topological polar surface area (TPSA) is 79.3 Å². The fraction of sp³-hybridized carbons (Fsp3) is 0.294. The Morgan fingerprint density at radius 1 is 1.05 bits per heavy atom. The zero-order valence-corrected chi connectivity index (χ0v) is 23.6. The van der Waals surface area contributed by atoms with Gasteiger partial charge in [0.05, 0.1) is 23.2 Å². The first kappa shape index (κ1) is 27.2. The summed E-state index contributed by atoms with van der Waals surface area (Å²) in [5.41, 5.74) is 12.9. The molecule has 0 saturated heterocycles. The van der Waals surface area contributed by atoms with E-state index in [0.29, 0.717) is 30.7 Å². The lowest BCUT2D eigenvalue weighted by atomic mass is 9.68. The first-order chi connectivity index (χ1) is 19.0. The number of nitrogens with zero attached hydrogens (tertiary/aromatic N) is 2. The van der Waals surface area contributed by atoms with E-state index in [1.807, 2.05) is 65.0 Å². The molecule has 0 aromatic heterocycles. The van der Waals surface area contributed by atoms with Gasteiger partial charge in [-0.15, -0.1) is 0 Å². The summed E-state index contributed by atoms with van der Waals surface area (Å²) in [6.07, 6.45) is 0.854. The minimum absolute atomic E-state index is 0.0452. The lowest BCUT2D eigenvalue weighted by Gasteiger charge is -2.44. The van der Waals surface area contributed by atoms with E-state index in [2.05, 4.69) is 12.1 Å². The average molecular weight is 536 g/mol. The molecule has 0 saturated carbocycles. The number of ketones is 1. The maximum absolute atomic E-state index is 15.1. The molecule has 2 aliphatic rings. The summed E-state index contributed by atoms with van der Waals surface area (Å²) in [6.45, 7) is 10.4. The number of allylic oxidation sites excluding steroid dienone is 3. The normalized spacial score (nSPS) is 18.5. The van der Waals surface area contributed by atoms with Crippen molar-refractivity contribution in [2.75, 3.05) is 4.90 Å². The highest BCUT2D eigenvalue weighted by atomic mass is 19.1. The Bertz CT molecular complexity index is 1610. The van der Waals surface area contributed by atoms with E-state index in [-0.39, 0.29) is 28.3 Å². The Labute approximate surface area is 235 Å². The number of halogens is 1. The number of para-hydroxylation sites is 1. The van der Waals surface area contributed by atoms with Crippen LogP contribution in [0.1, 0.15) is 60.4 Å². The Balaban J connectivity index is 1.67. The summed E-state index contributed by atoms with van der Waals surface area (Å²) in [5.74, 6) is -0.241. The van der Waals surface area contributed by atoms with Crippen molar-refractivity contribution in [1.29, 1.82) is 5.26 Å². The van der Waals surface area contributed by atoms with Gasteiger partial charge in [0.2, 0.25) is 0 Å². The van der Waals surface area contributed by atoms with Crippen LogP contribution < -0.4 is 15.4 Å². The molecule has 0 fully saturated rings. The maximum atomic E-state index is 15.1. The highest BCUT2D eigenvalue weighted by molar-refractivity contribution is 6.01. The van der Waals surface area contributed by atoms with Gasteiger partial charge in [-0.3, -0.25) is 9.69 Å². The second-order valence-electron chi connectivity index (χ2n) is 11.7. The van der Waals surface area contributed by atoms with E-state index in [1.165, 1.54) is 6.07 Å². The van der Waals surface area contributed by atoms with Crippen LogP contribution in [0.5, 0.6) is 5.75 Å². The molecule has 1 aliphatic carbocycles. The van der Waals surface area contributed by atoms with Crippen molar-refractivity contribution in [2.24, 2.45) is 11.1 Å². The molecule has 204 valence electrons. The van der Waals surface area contributed by atoms with E-state index >= 15 is 4.39 Å². The van der Waals surface area contributed by atoms with Crippen molar-refractivity contribution in [3.63, 3.8) is 0 Å². The van der Waals surface area contributed by atoms with Crippen molar-refractivity contribution in [3.8, 4) is 11.8 Å². The average Bonchev–Trinajstić information content (AvgIpc) is 2.89. The second-order valence-corrected chi connectivity index (χ2v) is 11.7. The third-order valence-corrected chi connectivity index (χ3v) is 7.90. The van der Waals surface area contributed by atoms with E-state index in [9.17, 15) is 10.1 Å². The molecule has 5 rings (SSSR count). The van der Waals surface area contributed by atoms with Crippen molar-refractivity contribution in [1.82, 2.24) is 0 Å². The van der Waals surface area contributed by atoms with E-state index in [0.717, 1.165) is 33.6 Å². The number of ether oxygens (including phenoxy) is 1. The van der Waals surface area contributed by atoms with Crippen LogP contribution in [0.4, 0.5) is 10.1 Å². The number of nitriles is 1. The van der Waals surface area contributed by atoms with E-state index < -0.39 is 11.7 Å². The minimum atomic E-state index is -0.648. The molecule has 1 atom stereocenters. The van der Waals surface area contributed by atoms with Crippen LogP contribution in [-0.4, -0.2) is 5.78 Å². The summed E-state index contributed by atoms with van der Waals surface area (Å²) in [6, 6.07) is 20.6. The molecular weight excluding hydrogens is 501 g/mol. The fourth-order valence-electron chi connectivity index (χ4n) is 5.94. The van der Waals surface area contributed by atoms with Crippen LogP contribution in [-0.2, 0) is 11.4 Å².